The van der Waals surface area contributed by atoms with Gasteiger partial charge in [0.2, 0.25) is 0 Å². The zero-order chi connectivity index (χ0) is 10.3. The normalized spacial score (nSPS) is 12.5. The number of nitrogens with two attached hydrogens (primary N) is 2. The maximum atomic E-state index is 6.12. The third kappa shape index (κ3) is 4.63. The van der Waals surface area contributed by atoms with Gasteiger partial charge < -0.3 is 11.5 Å². The molecule has 4 N–H and O–H groups in total. The molecule has 0 aliphatic carbocycles. The van der Waals surface area contributed by atoms with Gasteiger partial charge in [-0.2, -0.15) is 0 Å². The Balaban J connectivity index is 4.13. The maximum Gasteiger partial charge on any atom is 0.0665 e. The van der Waals surface area contributed by atoms with Gasteiger partial charge >= 0.3 is 0 Å². The van der Waals surface area contributed by atoms with Crippen LogP contribution in [-0.4, -0.2) is 5.66 Å². The molecule has 0 spiro atoms. The highest BCUT2D eigenvalue weighted by atomic mass is 15.0. The van der Waals surface area contributed by atoms with Crippen LogP contribution in [-0.2, 0) is 0 Å². The second-order valence-electron chi connectivity index (χ2n) is 4.14. The van der Waals surface area contributed by atoms with Crippen LogP contribution in [0.15, 0.2) is 0 Å². The van der Waals surface area contributed by atoms with Crippen LogP contribution >= 0.6 is 0 Å². The van der Waals surface area contributed by atoms with E-state index in [1.165, 1.54) is 25.7 Å². The van der Waals surface area contributed by atoms with Crippen LogP contribution < -0.4 is 11.5 Å². The van der Waals surface area contributed by atoms with Gasteiger partial charge in [-0.1, -0.05) is 40.0 Å². The molecule has 0 aromatic rings. The lowest BCUT2D eigenvalue weighted by Crippen LogP contribution is -2.55. The summed E-state index contributed by atoms with van der Waals surface area (Å²) in [6.45, 7) is 6.54. The Morgan fingerprint density at radius 3 is 1.69 bits per heavy atom. The molecule has 0 aliphatic rings. The molecule has 0 bridgehead atoms. The van der Waals surface area contributed by atoms with Crippen molar-refractivity contribution in [1.82, 2.24) is 0 Å². The number of hydrogen-bond acceptors (Lipinski definition) is 2. The van der Waals surface area contributed by atoms with Crippen LogP contribution in [0.4, 0.5) is 0 Å². The SMILES string of the molecule is CCCC(CCC)C(N)(N)CCC. The first-order valence-electron chi connectivity index (χ1n) is 5.66. The van der Waals surface area contributed by atoms with E-state index in [2.05, 4.69) is 20.8 Å². The smallest absolute Gasteiger partial charge is 0.0665 e. The van der Waals surface area contributed by atoms with E-state index in [1.807, 2.05) is 0 Å². The predicted octanol–water partition coefficient (Wildman–Crippen LogP) is 2.62. The standard InChI is InChI=1S/C11H26N2/c1-4-7-10(8-5-2)11(12,13)9-6-3/h10H,4-9,12-13H2,1-3H3. The molecule has 0 radical (unpaired) electrons. The monoisotopic (exact) mass is 186 g/mol. The Morgan fingerprint density at radius 2 is 1.38 bits per heavy atom. The van der Waals surface area contributed by atoms with Gasteiger partial charge in [-0.05, 0) is 25.2 Å². The van der Waals surface area contributed by atoms with Crippen molar-refractivity contribution >= 4 is 0 Å². The van der Waals surface area contributed by atoms with Gasteiger partial charge in [-0.3, -0.25) is 0 Å². The Kier molecular flexibility index (Phi) is 6.35. The summed E-state index contributed by atoms with van der Waals surface area (Å²) in [6, 6.07) is 0. The van der Waals surface area contributed by atoms with Crippen molar-refractivity contribution in [2.45, 2.75) is 65.0 Å². The summed E-state index contributed by atoms with van der Waals surface area (Å²) in [5.41, 5.74) is 11.8. The topological polar surface area (TPSA) is 52.0 Å². The summed E-state index contributed by atoms with van der Waals surface area (Å²) in [4.78, 5) is 0. The minimum atomic E-state index is -0.430. The van der Waals surface area contributed by atoms with Gasteiger partial charge in [-0.15, -0.1) is 0 Å². The van der Waals surface area contributed by atoms with E-state index in [0.717, 1.165) is 12.8 Å². The van der Waals surface area contributed by atoms with E-state index in [-0.39, 0.29) is 0 Å². The van der Waals surface area contributed by atoms with Crippen molar-refractivity contribution in [3.63, 3.8) is 0 Å². The highest BCUT2D eigenvalue weighted by molar-refractivity contribution is 4.84. The second-order valence-corrected chi connectivity index (χ2v) is 4.14. The molecule has 0 aliphatic heterocycles. The molecule has 0 saturated carbocycles. The molecule has 0 fully saturated rings. The minimum absolute atomic E-state index is 0.430. The minimum Gasteiger partial charge on any atom is -0.313 e. The lowest BCUT2D eigenvalue weighted by atomic mass is 9.83. The molecule has 13 heavy (non-hydrogen) atoms. The predicted molar refractivity (Wildman–Crippen MR) is 59.3 cm³/mol. The molecule has 0 rings (SSSR count). The van der Waals surface area contributed by atoms with E-state index in [1.54, 1.807) is 0 Å². The summed E-state index contributed by atoms with van der Waals surface area (Å²) in [7, 11) is 0. The molecule has 0 atom stereocenters. The van der Waals surface area contributed by atoms with Gasteiger partial charge in [0.1, 0.15) is 0 Å². The van der Waals surface area contributed by atoms with Gasteiger partial charge in [0.25, 0.3) is 0 Å². The number of hydrogen-bond donors (Lipinski definition) is 2. The zero-order valence-corrected chi connectivity index (χ0v) is 9.47. The largest absolute Gasteiger partial charge is 0.313 e. The molecule has 0 aromatic heterocycles. The third-order valence-corrected chi connectivity index (χ3v) is 2.72. The molecule has 2 nitrogen and oxygen atoms in total. The van der Waals surface area contributed by atoms with Crippen LogP contribution in [0.2, 0.25) is 0 Å². The summed E-state index contributed by atoms with van der Waals surface area (Å²) in [5.74, 6) is 0.502. The molecular formula is C11H26N2. The summed E-state index contributed by atoms with van der Waals surface area (Å²) in [6.07, 6.45) is 6.73. The molecule has 80 valence electrons. The first kappa shape index (κ1) is 12.9. The van der Waals surface area contributed by atoms with Gasteiger partial charge in [-0.25, -0.2) is 0 Å². The first-order valence-corrected chi connectivity index (χ1v) is 5.66. The molecule has 0 heterocycles. The Bertz CT molecular complexity index is 115. The van der Waals surface area contributed by atoms with Crippen molar-refractivity contribution in [3.8, 4) is 0 Å². The average molecular weight is 186 g/mol. The quantitative estimate of drug-likeness (QED) is 0.600. The highest BCUT2D eigenvalue weighted by Gasteiger charge is 2.27. The van der Waals surface area contributed by atoms with Crippen molar-refractivity contribution in [3.05, 3.63) is 0 Å². The molecule has 0 saturated heterocycles. The fraction of sp³-hybridized carbons (Fsp3) is 1.00. The Hall–Kier alpha value is -0.0800. The van der Waals surface area contributed by atoms with Gasteiger partial charge in [0, 0.05) is 0 Å². The summed E-state index contributed by atoms with van der Waals surface area (Å²) in [5, 5.41) is 0. The van der Waals surface area contributed by atoms with Crippen molar-refractivity contribution in [1.29, 1.82) is 0 Å². The van der Waals surface area contributed by atoms with E-state index in [9.17, 15) is 0 Å². The highest BCUT2D eigenvalue weighted by Crippen LogP contribution is 2.24. The van der Waals surface area contributed by atoms with Crippen LogP contribution in [0.3, 0.4) is 0 Å². The van der Waals surface area contributed by atoms with E-state index in [4.69, 9.17) is 11.5 Å². The first-order chi connectivity index (χ1) is 6.08. The molecule has 2 heteroatoms. The Morgan fingerprint density at radius 1 is 0.923 bits per heavy atom. The van der Waals surface area contributed by atoms with Crippen molar-refractivity contribution in [2.24, 2.45) is 17.4 Å². The fourth-order valence-electron chi connectivity index (χ4n) is 2.02. The molecule has 0 unspecified atom stereocenters. The molecule has 0 amide bonds. The average Bonchev–Trinajstić information content (AvgIpc) is 2.04. The fourth-order valence-corrected chi connectivity index (χ4v) is 2.02. The third-order valence-electron chi connectivity index (χ3n) is 2.72. The van der Waals surface area contributed by atoms with Crippen LogP contribution in [0.25, 0.3) is 0 Å². The second kappa shape index (κ2) is 6.39. The molecule has 0 aromatic carbocycles. The maximum absolute atomic E-state index is 6.12. The number of rotatable bonds is 7. The van der Waals surface area contributed by atoms with Crippen molar-refractivity contribution < 1.29 is 0 Å². The zero-order valence-electron chi connectivity index (χ0n) is 9.47. The lowest BCUT2D eigenvalue weighted by molar-refractivity contribution is 0.226. The van der Waals surface area contributed by atoms with Gasteiger partial charge in [0.05, 0.1) is 5.66 Å². The van der Waals surface area contributed by atoms with E-state index >= 15 is 0 Å². The lowest BCUT2D eigenvalue weighted by Gasteiger charge is -2.33. The van der Waals surface area contributed by atoms with Crippen LogP contribution in [0.5, 0.6) is 0 Å². The summed E-state index contributed by atoms with van der Waals surface area (Å²) >= 11 is 0. The van der Waals surface area contributed by atoms with E-state index in [0.29, 0.717) is 5.92 Å². The van der Waals surface area contributed by atoms with Crippen LogP contribution in [0.1, 0.15) is 59.3 Å². The van der Waals surface area contributed by atoms with Crippen LogP contribution in [0, 0.1) is 5.92 Å². The van der Waals surface area contributed by atoms with E-state index < -0.39 is 5.66 Å². The van der Waals surface area contributed by atoms with Gasteiger partial charge in [0.15, 0.2) is 0 Å². The van der Waals surface area contributed by atoms with Crippen molar-refractivity contribution in [2.75, 3.05) is 0 Å². The summed E-state index contributed by atoms with van der Waals surface area (Å²) < 4.78 is 0. The Labute approximate surface area is 83.1 Å². The molecular weight excluding hydrogens is 160 g/mol.